The molecule has 0 saturated heterocycles. The molecule has 30 heavy (non-hydrogen) atoms. The van der Waals surface area contributed by atoms with Crippen LogP contribution in [0.1, 0.15) is 53.5 Å². The number of fused-ring (bicyclic) bond motifs is 1. The molecule has 2 aromatic carbocycles. The number of ether oxygens (including phenoxy) is 3. The van der Waals surface area contributed by atoms with Crippen LogP contribution in [0.25, 0.3) is 0 Å². The van der Waals surface area contributed by atoms with E-state index in [1.54, 1.807) is 24.3 Å². The van der Waals surface area contributed by atoms with Crippen LogP contribution in [0.5, 0.6) is 11.5 Å². The number of ketones is 1. The maximum atomic E-state index is 12.4. The molecule has 0 unspecified atom stereocenters. The lowest BCUT2D eigenvalue weighted by atomic mass is 9.85. The number of hydrogen-bond acceptors (Lipinski definition) is 7. The van der Waals surface area contributed by atoms with Gasteiger partial charge in [-0.15, -0.1) is 0 Å². The second-order valence-electron chi connectivity index (χ2n) is 7.95. The fourth-order valence-corrected chi connectivity index (χ4v) is 3.08. The normalized spacial score (nSPS) is 13.3. The summed E-state index contributed by atoms with van der Waals surface area (Å²) in [5.41, 5.74) is 0.221. The van der Waals surface area contributed by atoms with Crippen LogP contribution in [0.15, 0.2) is 36.4 Å². The molecule has 158 valence electrons. The van der Waals surface area contributed by atoms with Crippen molar-refractivity contribution in [2.75, 3.05) is 19.8 Å². The monoisotopic (exact) mass is 413 g/mol. The SMILES string of the molecule is CC(C)(C)c1ccc(C(=O)OCC(=O)c2ccc3c(c2)OCCCO3)cc1[N+](=O)[O-]. The minimum atomic E-state index is -0.804. The van der Waals surface area contributed by atoms with E-state index in [0.29, 0.717) is 35.8 Å². The van der Waals surface area contributed by atoms with Crippen LogP contribution in [0, 0.1) is 10.1 Å². The number of carbonyl (C=O) groups is 2. The number of hydrogen-bond donors (Lipinski definition) is 0. The Kier molecular flexibility index (Phi) is 6.05. The molecule has 0 atom stereocenters. The fourth-order valence-electron chi connectivity index (χ4n) is 3.08. The fraction of sp³-hybridized carbons (Fsp3) is 0.364. The quantitative estimate of drug-likeness (QED) is 0.315. The Morgan fingerprint density at radius 2 is 1.70 bits per heavy atom. The van der Waals surface area contributed by atoms with Crippen LogP contribution < -0.4 is 9.47 Å². The highest BCUT2D eigenvalue weighted by Crippen LogP contribution is 2.32. The van der Waals surface area contributed by atoms with E-state index in [0.717, 1.165) is 6.42 Å². The highest BCUT2D eigenvalue weighted by molar-refractivity contribution is 6.00. The predicted molar refractivity (Wildman–Crippen MR) is 108 cm³/mol. The average molecular weight is 413 g/mol. The lowest BCUT2D eigenvalue weighted by Gasteiger charge is -2.19. The molecule has 0 aromatic heterocycles. The van der Waals surface area contributed by atoms with Crippen LogP contribution in [-0.4, -0.2) is 36.5 Å². The molecule has 0 saturated carbocycles. The average Bonchev–Trinajstić information content (AvgIpc) is 2.95. The Labute approximate surface area is 173 Å². The molecular formula is C22H23NO7. The van der Waals surface area contributed by atoms with Crippen LogP contribution in [0.2, 0.25) is 0 Å². The number of nitrogens with zero attached hydrogens (tertiary/aromatic N) is 1. The minimum Gasteiger partial charge on any atom is -0.490 e. The van der Waals surface area contributed by atoms with E-state index in [1.165, 1.54) is 12.1 Å². The molecule has 1 aliphatic rings. The third kappa shape index (κ3) is 4.76. The largest absolute Gasteiger partial charge is 0.490 e. The van der Waals surface area contributed by atoms with Crippen LogP contribution >= 0.6 is 0 Å². The first-order valence-electron chi connectivity index (χ1n) is 9.56. The number of carbonyl (C=O) groups excluding carboxylic acids is 2. The summed E-state index contributed by atoms with van der Waals surface area (Å²) >= 11 is 0. The smallest absolute Gasteiger partial charge is 0.338 e. The highest BCUT2D eigenvalue weighted by atomic mass is 16.6. The van der Waals surface area contributed by atoms with Gasteiger partial charge in [0.25, 0.3) is 5.69 Å². The van der Waals surface area contributed by atoms with Gasteiger partial charge in [0, 0.05) is 23.6 Å². The Hall–Kier alpha value is -3.42. The van der Waals surface area contributed by atoms with Crippen molar-refractivity contribution in [3.8, 4) is 11.5 Å². The first kappa shape index (κ1) is 21.3. The first-order valence-corrected chi connectivity index (χ1v) is 9.56. The maximum absolute atomic E-state index is 12.4. The second-order valence-corrected chi connectivity index (χ2v) is 7.95. The topological polar surface area (TPSA) is 105 Å². The number of rotatable bonds is 5. The summed E-state index contributed by atoms with van der Waals surface area (Å²) in [6.07, 6.45) is 0.746. The van der Waals surface area contributed by atoms with Gasteiger partial charge in [-0.1, -0.05) is 26.8 Å². The maximum Gasteiger partial charge on any atom is 0.338 e. The van der Waals surface area contributed by atoms with Crippen molar-refractivity contribution in [3.05, 3.63) is 63.2 Å². The van der Waals surface area contributed by atoms with Crippen molar-refractivity contribution in [1.29, 1.82) is 0 Å². The minimum absolute atomic E-state index is 0.0150. The summed E-state index contributed by atoms with van der Waals surface area (Å²) in [6, 6.07) is 8.96. The van der Waals surface area contributed by atoms with Gasteiger partial charge in [0.15, 0.2) is 23.9 Å². The van der Waals surface area contributed by atoms with E-state index >= 15 is 0 Å². The molecule has 3 rings (SSSR count). The van der Waals surface area contributed by atoms with Gasteiger partial charge in [-0.05, 0) is 29.7 Å². The molecular weight excluding hydrogens is 390 g/mol. The number of esters is 1. The van der Waals surface area contributed by atoms with Crippen molar-refractivity contribution >= 4 is 17.4 Å². The van der Waals surface area contributed by atoms with E-state index < -0.39 is 28.7 Å². The molecule has 0 spiro atoms. The van der Waals surface area contributed by atoms with Gasteiger partial charge < -0.3 is 14.2 Å². The second kappa shape index (κ2) is 8.52. The van der Waals surface area contributed by atoms with Crippen LogP contribution in [0.3, 0.4) is 0 Å². The van der Waals surface area contributed by atoms with Gasteiger partial charge in [0.05, 0.1) is 23.7 Å². The zero-order valence-corrected chi connectivity index (χ0v) is 17.1. The van der Waals surface area contributed by atoms with Gasteiger partial charge in [-0.25, -0.2) is 4.79 Å². The van der Waals surface area contributed by atoms with Gasteiger partial charge in [-0.3, -0.25) is 14.9 Å². The third-order valence-electron chi connectivity index (χ3n) is 4.64. The molecule has 1 aliphatic heterocycles. The highest BCUT2D eigenvalue weighted by Gasteiger charge is 2.26. The van der Waals surface area contributed by atoms with Gasteiger partial charge in [0.2, 0.25) is 0 Å². The zero-order chi connectivity index (χ0) is 21.9. The Morgan fingerprint density at radius 1 is 1.03 bits per heavy atom. The molecule has 2 aromatic rings. The van der Waals surface area contributed by atoms with E-state index in [4.69, 9.17) is 14.2 Å². The van der Waals surface area contributed by atoms with E-state index in [9.17, 15) is 19.7 Å². The molecule has 0 fully saturated rings. The van der Waals surface area contributed by atoms with Crippen molar-refractivity contribution in [2.24, 2.45) is 0 Å². The number of benzene rings is 2. The molecule has 1 heterocycles. The summed E-state index contributed by atoms with van der Waals surface area (Å²) in [4.78, 5) is 35.7. The Balaban J connectivity index is 1.71. The predicted octanol–water partition coefficient (Wildman–Crippen LogP) is 4.09. The summed E-state index contributed by atoms with van der Waals surface area (Å²) < 4.78 is 16.2. The summed E-state index contributed by atoms with van der Waals surface area (Å²) in [5.74, 6) is -0.188. The molecule has 8 nitrogen and oxygen atoms in total. The van der Waals surface area contributed by atoms with Crippen molar-refractivity contribution in [1.82, 2.24) is 0 Å². The lowest BCUT2D eigenvalue weighted by molar-refractivity contribution is -0.386. The van der Waals surface area contributed by atoms with Crippen LogP contribution in [0.4, 0.5) is 5.69 Å². The zero-order valence-electron chi connectivity index (χ0n) is 17.1. The third-order valence-corrected chi connectivity index (χ3v) is 4.64. The molecule has 0 radical (unpaired) electrons. The first-order chi connectivity index (χ1) is 14.2. The van der Waals surface area contributed by atoms with Gasteiger partial charge in [0.1, 0.15) is 0 Å². The van der Waals surface area contributed by atoms with E-state index in [2.05, 4.69) is 0 Å². The molecule has 0 bridgehead atoms. The molecule has 0 aliphatic carbocycles. The van der Waals surface area contributed by atoms with Crippen molar-refractivity contribution < 1.29 is 28.7 Å². The summed E-state index contributed by atoms with van der Waals surface area (Å²) in [5, 5.41) is 11.4. The number of nitro benzene ring substituents is 1. The van der Waals surface area contributed by atoms with E-state index in [1.807, 2.05) is 20.8 Å². The molecule has 8 heteroatoms. The molecule has 0 amide bonds. The number of Topliss-reactive ketones (excluding diaryl/α,β-unsaturated/α-hetero) is 1. The van der Waals surface area contributed by atoms with Crippen molar-refractivity contribution in [2.45, 2.75) is 32.6 Å². The number of nitro groups is 1. The van der Waals surface area contributed by atoms with Crippen LogP contribution in [-0.2, 0) is 10.2 Å². The van der Waals surface area contributed by atoms with Gasteiger partial charge in [-0.2, -0.15) is 0 Å². The van der Waals surface area contributed by atoms with Gasteiger partial charge >= 0.3 is 5.97 Å². The molecule has 0 N–H and O–H groups in total. The summed E-state index contributed by atoms with van der Waals surface area (Å²) in [7, 11) is 0. The van der Waals surface area contributed by atoms with E-state index in [-0.39, 0.29) is 11.3 Å². The Morgan fingerprint density at radius 3 is 2.37 bits per heavy atom. The summed E-state index contributed by atoms with van der Waals surface area (Å²) in [6.45, 7) is 6.08. The Bertz CT molecular complexity index is 991. The lowest BCUT2D eigenvalue weighted by Crippen LogP contribution is -2.17. The standard InChI is InChI=1S/C22H23NO7/c1-22(2,3)16-7-5-15(11-17(16)23(26)27)21(25)30-13-18(24)14-6-8-19-20(12-14)29-10-4-9-28-19/h5-8,11-12H,4,9-10,13H2,1-3H3. The van der Waals surface area contributed by atoms with Crippen molar-refractivity contribution in [3.63, 3.8) is 0 Å².